The summed E-state index contributed by atoms with van der Waals surface area (Å²) in [5.74, 6) is 1.02. The number of hydrogen-bond acceptors (Lipinski definition) is 2. The van der Waals surface area contributed by atoms with E-state index in [9.17, 15) is 0 Å². The van der Waals surface area contributed by atoms with Gasteiger partial charge in [-0.15, -0.1) is 0 Å². The first-order chi connectivity index (χ1) is 7.72. The van der Waals surface area contributed by atoms with E-state index in [1.807, 2.05) is 26.1 Å². The van der Waals surface area contributed by atoms with Crippen LogP contribution >= 0.6 is 11.6 Å². The Morgan fingerprint density at radius 3 is 2.81 bits per heavy atom. The minimum Gasteiger partial charge on any atom is -0.496 e. The number of likely N-dealkylation sites (N-methyl/N-ethyl adjacent to an activating group) is 1. The molecule has 3 heteroatoms. The van der Waals surface area contributed by atoms with E-state index < -0.39 is 0 Å². The molecule has 86 valence electrons. The van der Waals surface area contributed by atoms with E-state index in [1.165, 1.54) is 5.56 Å². The molecule has 1 aromatic rings. The minimum absolute atomic E-state index is 0.137. The van der Waals surface area contributed by atoms with E-state index in [0.717, 1.165) is 29.4 Å². The van der Waals surface area contributed by atoms with Crippen LogP contribution in [0.3, 0.4) is 0 Å². The molecule has 2 rings (SSSR count). The maximum absolute atomic E-state index is 6.02. The summed E-state index contributed by atoms with van der Waals surface area (Å²) in [4.78, 5) is 0. The zero-order chi connectivity index (χ0) is 11.5. The Kier molecular flexibility index (Phi) is 3.52. The highest BCUT2D eigenvalue weighted by atomic mass is 35.5. The Labute approximate surface area is 101 Å². The fourth-order valence-corrected chi connectivity index (χ4v) is 2.08. The van der Waals surface area contributed by atoms with Crippen molar-refractivity contribution in [3.63, 3.8) is 0 Å². The van der Waals surface area contributed by atoms with Crippen molar-refractivity contribution in [1.29, 1.82) is 0 Å². The SMILES string of the molecule is CNC(C1=CCCO1)c1ccc(Cl)c(C)c1. The number of nitrogens with one attached hydrogen (secondary N) is 1. The smallest absolute Gasteiger partial charge is 0.114 e. The highest BCUT2D eigenvalue weighted by Gasteiger charge is 2.19. The van der Waals surface area contributed by atoms with Gasteiger partial charge in [-0.1, -0.05) is 23.7 Å². The highest BCUT2D eigenvalue weighted by Crippen LogP contribution is 2.28. The molecule has 0 fully saturated rings. The van der Waals surface area contributed by atoms with Crippen LogP contribution in [-0.4, -0.2) is 13.7 Å². The number of ether oxygens (including phenoxy) is 1. The molecular weight excluding hydrogens is 222 g/mol. The second-order valence-electron chi connectivity index (χ2n) is 3.97. The van der Waals surface area contributed by atoms with Crippen molar-refractivity contribution in [3.05, 3.63) is 46.2 Å². The highest BCUT2D eigenvalue weighted by molar-refractivity contribution is 6.31. The van der Waals surface area contributed by atoms with Crippen LogP contribution in [0.25, 0.3) is 0 Å². The molecule has 0 aliphatic carbocycles. The van der Waals surface area contributed by atoms with E-state index in [2.05, 4.69) is 17.5 Å². The maximum atomic E-state index is 6.02. The second kappa shape index (κ2) is 4.89. The molecular formula is C13H16ClNO. The summed E-state index contributed by atoms with van der Waals surface area (Å²) in [7, 11) is 1.94. The van der Waals surface area contributed by atoms with E-state index >= 15 is 0 Å². The van der Waals surface area contributed by atoms with Crippen LogP contribution in [0, 0.1) is 6.92 Å². The van der Waals surface area contributed by atoms with E-state index in [4.69, 9.17) is 16.3 Å². The van der Waals surface area contributed by atoms with Crippen LogP contribution in [0.4, 0.5) is 0 Å². The molecule has 0 amide bonds. The van der Waals surface area contributed by atoms with Gasteiger partial charge < -0.3 is 10.1 Å². The van der Waals surface area contributed by atoms with Crippen LogP contribution < -0.4 is 5.32 Å². The second-order valence-corrected chi connectivity index (χ2v) is 4.38. The molecule has 1 atom stereocenters. The molecule has 1 heterocycles. The summed E-state index contributed by atoms with van der Waals surface area (Å²) in [6.45, 7) is 2.81. The summed E-state index contributed by atoms with van der Waals surface area (Å²) in [6, 6.07) is 6.22. The van der Waals surface area contributed by atoms with Gasteiger partial charge in [-0.3, -0.25) is 0 Å². The first-order valence-electron chi connectivity index (χ1n) is 5.48. The van der Waals surface area contributed by atoms with Crippen molar-refractivity contribution >= 4 is 11.6 Å². The van der Waals surface area contributed by atoms with Gasteiger partial charge in [0.2, 0.25) is 0 Å². The lowest BCUT2D eigenvalue weighted by molar-refractivity contribution is 0.218. The first-order valence-corrected chi connectivity index (χ1v) is 5.86. The lowest BCUT2D eigenvalue weighted by Gasteiger charge is -2.18. The summed E-state index contributed by atoms with van der Waals surface area (Å²) < 4.78 is 5.60. The molecule has 1 N–H and O–H groups in total. The maximum Gasteiger partial charge on any atom is 0.114 e. The molecule has 0 spiro atoms. The zero-order valence-electron chi connectivity index (χ0n) is 9.59. The lowest BCUT2D eigenvalue weighted by Crippen LogP contribution is -2.19. The third kappa shape index (κ3) is 2.23. The van der Waals surface area contributed by atoms with Gasteiger partial charge in [0.15, 0.2) is 0 Å². The minimum atomic E-state index is 0.137. The largest absolute Gasteiger partial charge is 0.496 e. The zero-order valence-corrected chi connectivity index (χ0v) is 10.3. The van der Waals surface area contributed by atoms with Crippen LogP contribution in [0.1, 0.15) is 23.6 Å². The first kappa shape index (κ1) is 11.5. The van der Waals surface area contributed by atoms with Crippen LogP contribution in [-0.2, 0) is 4.74 Å². The summed E-state index contributed by atoms with van der Waals surface area (Å²) in [5, 5.41) is 4.08. The normalized spacial score (nSPS) is 16.8. The van der Waals surface area contributed by atoms with E-state index in [-0.39, 0.29) is 6.04 Å². The molecule has 0 aromatic heterocycles. The van der Waals surface area contributed by atoms with E-state index in [0.29, 0.717) is 0 Å². The van der Waals surface area contributed by atoms with Gasteiger partial charge in [0, 0.05) is 11.4 Å². The van der Waals surface area contributed by atoms with Crippen molar-refractivity contribution in [2.75, 3.05) is 13.7 Å². The number of aryl methyl sites for hydroxylation is 1. The fraction of sp³-hybridized carbons (Fsp3) is 0.385. The Morgan fingerprint density at radius 2 is 2.25 bits per heavy atom. The summed E-state index contributed by atoms with van der Waals surface area (Å²) in [5.41, 5.74) is 2.29. The quantitative estimate of drug-likeness (QED) is 0.872. The third-order valence-corrected chi connectivity index (χ3v) is 3.24. The molecule has 0 bridgehead atoms. The average Bonchev–Trinajstić information content (AvgIpc) is 2.78. The van der Waals surface area contributed by atoms with Crippen molar-refractivity contribution in [1.82, 2.24) is 5.32 Å². The number of halogens is 1. The van der Waals surface area contributed by atoms with Gasteiger partial charge in [0.1, 0.15) is 5.76 Å². The average molecular weight is 238 g/mol. The molecule has 1 aliphatic heterocycles. The molecule has 0 radical (unpaired) electrons. The molecule has 1 unspecified atom stereocenters. The third-order valence-electron chi connectivity index (χ3n) is 2.82. The van der Waals surface area contributed by atoms with Crippen molar-refractivity contribution in [2.45, 2.75) is 19.4 Å². The topological polar surface area (TPSA) is 21.3 Å². The van der Waals surface area contributed by atoms with Crippen molar-refractivity contribution < 1.29 is 4.74 Å². The molecule has 0 saturated carbocycles. The lowest BCUT2D eigenvalue weighted by atomic mass is 10.0. The Hall–Kier alpha value is -0.990. The van der Waals surface area contributed by atoms with Crippen molar-refractivity contribution in [3.8, 4) is 0 Å². The van der Waals surface area contributed by atoms with Crippen LogP contribution in [0.2, 0.25) is 5.02 Å². The predicted molar refractivity (Wildman–Crippen MR) is 66.6 cm³/mol. The molecule has 0 saturated heterocycles. The summed E-state index contributed by atoms with van der Waals surface area (Å²) >= 11 is 6.02. The molecule has 16 heavy (non-hydrogen) atoms. The van der Waals surface area contributed by atoms with Crippen molar-refractivity contribution in [2.24, 2.45) is 0 Å². The van der Waals surface area contributed by atoms with Gasteiger partial charge >= 0.3 is 0 Å². The Morgan fingerprint density at radius 1 is 1.44 bits per heavy atom. The number of hydrogen-bond donors (Lipinski definition) is 1. The fourth-order valence-electron chi connectivity index (χ4n) is 1.96. The Balaban J connectivity index is 2.29. The summed E-state index contributed by atoms with van der Waals surface area (Å²) in [6.07, 6.45) is 3.14. The van der Waals surface area contributed by atoms with E-state index in [1.54, 1.807) is 0 Å². The van der Waals surface area contributed by atoms with Crippen LogP contribution in [0.5, 0.6) is 0 Å². The van der Waals surface area contributed by atoms with Gasteiger partial charge in [-0.25, -0.2) is 0 Å². The standard InChI is InChI=1S/C13H16ClNO/c1-9-8-10(5-6-11(9)14)13(15-2)12-4-3-7-16-12/h4-6,8,13,15H,3,7H2,1-2H3. The van der Waals surface area contributed by atoms with Gasteiger partial charge in [0.05, 0.1) is 12.6 Å². The number of rotatable bonds is 3. The predicted octanol–water partition coefficient (Wildman–Crippen LogP) is 3.21. The molecule has 1 aromatic carbocycles. The Bertz CT molecular complexity index is 414. The molecule has 2 nitrogen and oxygen atoms in total. The van der Waals surface area contributed by atoms with Gasteiger partial charge in [-0.05, 0) is 37.2 Å². The van der Waals surface area contributed by atoms with Crippen LogP contribution in [0.15, 0.2) is 30.0 Å². The molecule has 1 aliphatic rings. The monoisotopic (exact) mass is 237 g/mol. The van der Waals surface area contributed by atoms with Gasteiger partial charge in [-0.2, -0.15) is 0 Å². The number of benzene rings is 1. The van der Waals surface area contributed by atoms with Gasteiger partial charge in [0.25, 0.3) is 0 Å².